The van der Waals surface area contributed by atoms with Crippen LogP contribution in [0.5, 0.6) is 23.0 Å². The lowest BCUT2D eigenvalue weighted by molar-refractivity contribution is -0.00359. The van der Waals surface area contributed by atoms with Crippen molar-refractivity contribution in [3.8, 4) is 23.0 Å². The molecule has 4 rings (SSSR count). The van der Waals surface area contributed by atoms with Gasteiger partial charge in [-0.2, -0.15) is 0 Å². The Balaban J connectivity index is 1.36. The van der Waals surface area contributed by atoms with E-state index in [1.165, 1.54) is 11.1 Å². The molecule has 27 heavy (non-hydrogen) atoms. The van der Waals surface area contributed by atoms with Gasteiger partial charge in [-0.25, -0.2) is 0 Å². The number of benzene rings is 2. The second kappa shape index (κ2) is 8.06. The van der Waals surface area contributed by atoms with Crippen molar-refractivity contribution in [1.29, 1.82) is 0 Å². The van der Waals surface area contributed by atoms with Gasteiger partial charge in [0.1, 0.15) is 36.5 Å². The summed E-state index contributed by atoms with van der Waals surface area (Å²) in [6.07, 6.45) is 0. The number of rotatable bonds is 6. The first kappa shape index (κ1) is 17.9. The van der Waals surface area contributed by atoms with Gasteiger partial charge in [-0.3, -0.25) is 9.80 Å². The highest BCUT2D eigenvalue weighted by molar-refractivity contribution is 5.42. The summed E-state index contributed by atoms with van der Waals surface area (Å²) in [6.45, 7) is 8.92. The van der Waals surface area contributed by atoms with E-state index < -0.39 is 0 Å². The van der Waals surface area contributed by atoms with Crippen molar-refractivity contribution in [2.45, 2.75) is 26.9 Å². The summed E-state index contributed by atoms with van der Waals surface area (Å²) in [4.78, 5) is 4.54. The third kappa shape index (κ3) is 4.12. The Hall–Kier alpha value is -2.44. The third-order valence-electron chi connectivity index (χ3n) is 4.69. The molecule has 2 aromatic carbocycles. The van der Waals surface area contributed by atoms with Crippen LogP contribution in [0.15, 0.2) is 36.4 Å². The van der Waals surface area contributed by atoms with Crippen molar-refractivity contribution in [2.24, 2.45) is 0 Å². The van der Waals surface area contributed by atoms with Crippen LogP contribution in [0.4, 0.5) is 0 Å². The van der Waals surface area contributed by atoms with Gasteiger partial charge in [0.05, 0.1) is 19.9 Å². The predicted molar refractivity (Wildman–Crippen MR) is 102 cm³/mol. The number of nitrogens with zero attached hydrogens (tertiary/aromatic N) is 2. The van der Waals surface area contributed by atoms with Gasteiger partial charge in [-0.1, -0.05) is 12.1 Å². The van der Waals surface area contributed by atoms with Crippen LogP contribution in [-0.2, 0) is 13.1 Å². The zero-order valence-electron chi connectivity index (χ0n) is 15.9. The molecule has 2 aromatic rings. The molecule has 0 radical (unpaired) electrons. The van der Waals surface area contributed by atoms with Crippen LogP contribution in [0.1, 0.15) is 25.0 Å². The van der Waals surface area contributed by atoms with Crippen LogP contribution in [0.3, 0.4) is 0 Å². The average Bonchev–Trinajstić information content (AvgIpc) is 2.69. The summed E-state index contributed by atoms with van der Waals surface area (Å²) in [5.41, 5.74) is 2.37. The van der Waals surface area contributed by atoms with Crippen molar-refractivity contribution in [3.63, 3.8) is 0 Å². The van der Waals surface area contributed by atoms with E-state index in [0.717, 1.165) is 42.8 Å². The van der Waals surface area contributed by atoms with Crippen molar-refractivity contribution in [3.05, 3.63) is 47.5 Å². The number of hydrogen-bond donors (Lipinski definition) is 0. The van der Waals surface area contributed by atoms with E-state index in [1.54, 1.807) is 0 Å². The molecule has 0 atom stereocenters. The molecule has 0 saturated carbocycles. The molecule has 0 unspecified atom stereocenters. The fourth-order valence-electron chi connectivity index (χ4n) is 3.47. The first-order chi connectivity index (χ1) is 13.2. The monoisotopic (exact) mass is 370 g/mol. The first-order valence-electron chi connectivity index (χ1n) is 9.47. The number of ether oxygens (including phenoxy) is 4. The van der Waals surface area contributed by atoms with Gasteiger partial charge in [0.15, 0.2) is 0 Å². The van der Waals surface area contributed by atoms with Gasteiger partial charge < -0.3 is 18.9 Å². The largest absolute Gasteiger partial charge is 0.494 e. The van der Waals surface area contributed by atoms with Crippen LogP contribution in [0.2, 0.25) is 0 Å². The van der Waals surface area contributed by atoms with Crippen molar-refractivity contribution < 1.29 is 18.9 Å². The smallest absolute Gasteiger partial charge is 0.143 e. The summed E-state index contributed by atoms with van der Waals surface area (Å²) in [7, 11) is 0. The summed E-state index contributed by atoms with van der Waals surface area (Å²) in [5, 5.41) is 0. The minimum absolute atomic E-state index is 0.565. The zero-order chi connectivity index (χ0) is 18.6. The minimum atomic E-state index is 0.565. The Morgan fingerprint density at radius 1 is 0.778 bits per heavy atom. The molecule has 2 aliphatic rings. The molecule has 6 heteroatoms. The molecule has 6 nitrogen and oxygen atoms in total. The van der Waals surface area contributed by atoms with E-state index in [2.05, 4.69) is 21.9 Å². The van der Waals surface area contributed by atoms with Gasteiger partial charge in [-0.15, -0.1) is 0 Å². The molecule has 0 aromatic heterocycles. The molecule has 144 valence electrons. The second-order valence-electron chi connectivity index (χ2n) is 6.75. The predicted octanol–water partition coefficient (Wildman–Crippen LogP) is 3.45. The maximum absolute atomic E-state index is 5.94. The van der Waals surface area contributed by atoms with Gasteiger partial charge in [0.25, 0.3) is 0 Å². The highest BCUT2D eigenvalue weighted by Gasteiger charge is 2.23. The van der Waals surface area contributed by atoms with E-state index in [0.29, 0.717) is 26.7 Å². The van der Waals surface area contributed by atoms with Crippen molar-refractivity contribution >= 4 is 0 Å². The van der Waals surface area contributed by atoms with Crippen LogP contribution in [-0.4, -0.2) is 43.1 Å². The lowest BCUT2D eigenvalue weighted by Gasteiger charge is -2.35. The first-order valence-corrected chi connectivity index (χ1v) is 9.47. The Labute approximate surface area is 160 Å². The van der Waals surface area contributed by atoms with Gasteiger partial charge in [-0.05, 0) is 26.0 Å². The van der Waals surface area contributed by atoms with E-state index in [4.69, 9.17) is 18.9 Å². The highest BCUT2D eigenvalue weighted by atomic mass is 16.5. The van der Waals surface area contributed by atoms with Gasteiger partial charge >= 0.3 is 0 Å². The second-order valence-corrected chi connectivity index (χ2v) is 6.75. The van der Waals surface area contributed by atoms with Gasteiger partial charge in [0, 0.05) is 36.3 Å². The average molecular weight is 370 g/mol. The summed E-state index contributed by atoms with van der Waals surface area (Å²) < 4.78 is 23.0. The fraction of sp³-hybridized carbons (Fsp3) is 0.429. The lowest BCUT2D eigenvalue weighted by atomic mass is 10.1. The molecule has 0 bridgehead atoms. The van der Waals surface area contributed by atoms with Crippen molar-refractivity contribution in [2.75, 3.05) is 33.3 Å². The molecule has 0 spiro atoms. The SMILES string of the molecule is CCOc1ccc2c(c1)OCN(CN1COc3cc(OCC)ccc3C1)C2. The molecule has 0 amide bonds. The van der Waals surface area contributed by atoms with Crippen LogP contribution in [0, 0.1) is 0 Å². The Morgan fingerprint density at radius 3 is 1.70 bits per heavy atom. The van der Waals surface area contributed by atoms with E-state index in [-0.39, 0.29) is 0 Å². The Kier molecular flexibility index (Phi) is 5.36. The number of hydrogen-bond acceptors (Lipinski definition) is 6. The molecule has 0 aliphatic carbocycles. The zero-order valence-corrected chi connectivity index (χ0v) is 15.9. The normalized spacial score (nSPS) is 16.7. The number of fused-ring (bicyclic) bond motifs is 2. The topological polar surface area (TPSA) is 43.4 Å². The van der Waals surface area contributed by atoms with Crippen LogP contribution >= 0.6 is 0 Å². The van der Waals surface area contributed by atoms with Crippen LogP contribution < -0.4 is 18.9 Å². The molecule has 2 heterocycles. The van der Waals surface area contributed by atoms with E-state index in [9.17, 15) is 0 Å². The van der Waals surface area contributed by atoms with Crippen LogP contribution in [0.25, 0.3) is 0 Å². The third-order valence-corrected chi connectivity index (χ3v) is 4.69. The van der Waals surface area contributed by atoms with E-state index in [1.807, 2.05) is 38.1 Å². The summed E-state index contributed by atoms with van der Waals surface area (Å²) in [6, 6.07) is 12.1. The Bertz CT molecular complexity index is 730. The maximum Gasteiger partial charge on any atom is 0.143 e. The minimum Gasteiger partial charge on any atom is -0.494 e. The fourth-order valence-corrected chi connectivity index (χ4v) is 3.47. The van der Waals surface area contributed by atoms with Crippen molar-refractivity contribution in [1.82, 2.24) is 9.80 Å². The quantitative estimate of drug-likeness (QED) is 0.776. The standard InChI is InChI=1S/C21H26N2O4/c1-3-24-18-7-5-16-11-22(14-26-20(16)9-18)13-23-12-17-6-8-19(25-4-2)10-21(17)27-15-23/h5-10H,3-4,11-15H2,1-2H3. The van der Waals surface area contributed by atoms with Gasteiger partial charge in [0.2, 0.25) is 0 Å². The molecular weight excluding hydrogens is 344 g/mol. The lowest BCUT2D eigenvalue weighted by Crippen LogP contribution is -2.44. The molecule has 0 saturated heterocycles. The summed E-state index contributed by atoms with van der Waals surface area (Å²) in [5.74, 6) is 3.55. The molecular formula is C21H26N2O4. The maximum atomic E-state index is 5.94. The highest BCUT2D eigenvalue weighted by Crippen LogP contribution is 2.31. The Morgan fingerprint density at radius 2 is 1.26 bits per heavy atom. The molecule has 0 fully saturated rings. The molecule has 2 aliphatic heterocycles. The summed E-state index contributed by atoms with van der Waals surface area (Å²) >= 11 is 0. The molecule has 0 N–H and O–H groups in total. The van der Waals surface area contributed by atoms with E-state index >= 15 is 0 Å².